The normalized spacial score (nSPS) is 11.5. The van der Waals surface area contributed by atoms with Crippen LogP contribution in [0.4, 0.5) is 0 Å². The van der Waals surface area contributed by atoms with Crippen LogP contribution in [0.5, 0.6) is 5.75 Å². The third kappa shape index (κ3) is 6.03. The molecule has 0 aromatic heterocycles. The summed E-state index contributed by atoms with van der Waals surface area (Å²) < 4.78 is 10.4. The van der Waals surface area contributed by atoms with Gasteiger partial charge in [-0.25, -0.2) is 4.79 Å². The lowest BCUT2D eigenvalue weighted by Gasteiger charge is -2.18. The Kier molecular flexibility index (Phi) is 8.20. The highest BCUT2D eigenvalue weighted by molar-refractivity contribution is 7.98. The molecule has 0 saturated heterocycles. The van der Waals surface area contributed by atoms with E-state index in [1.54, 1.807) is 23.9 Å². The molecule has 2 aromatic rings. The molecule has 0 unspecified atom stereocenters. The second-order valence-electron chi connectivity index (χ2n) is 5.96. The van der Waals surface area contributed by atoms with E-state index in [2.05, 4.69) is 12.2 Å². The number of carbonyl (C=O) groups excluding carboxylic acids is 2. The van der Waals surface area contributed by atoms with E-state index in [4.69, 9.17) is 9.47 Å². The summed E-state index contributed by atoms with van der Waals surface area (Å²) in [7, 11) is 1.50. The standard InChI is InChI=1S/C21H25NO4S/c1-4-8-18(15-9-6-5-7-10-15)22-20(23)14-26-21(24)17-12-11-16(27-3)13-19(17)25-2/h5-7,9-13,18H,4,8,14H2,1-3H3,(H,22,23)/t18-/m0/s1. The van der Waals surface area contributed by atoms with Crippen LogP contribution in [-0.2, 0) is 9.53 Å². The monoisotopic (exact) mass is 387 g/mol. The number of benzene rings is 2. The van der Waals surface area contributed by atoms with Gasteiger partial charge in [-0.15, -0.1) is 11.8 Å². The maximum Gasteiger partial charge on any atom is 0.342 e. The fraction of sp³-hybridized carbons (Fsp3) is 0.333. The lowest BCUT2D eigenvalue weighted by molar-refractivity contribution is -0.125. The molecule has 5 nitrogen and oxygen atoms in total. The minimum absolute atomic E-state index is 0.0993. The van der Waals surface area contributed by atoms with Crippen LogP contribution >= 0.6 is 11.8 Å². The SMILES string of the molecule is CCC[C@H](NC(=O)COC(=O)c1ccc(SC)cc1OC)c1ccccc1. The number of nitrogens with one attached hydrogen (secondary N) is 1. The zero-order chi connectivity index (χ0) is 19.6. The van der Waals surface area contributed by atoms with Gasteiger partial charge in [0.15, 0.2) is 6.61 Å². The first kappa shape index (κ1) is 20.8. The first-order valence-electron chi connectivity index (χ1n) is 8.82. The van der Waals surface area contributed by atoms with Gasteiger partial charge >= 0.3 is 5.97 Å². The number of methoxy groups -OCH3 is 1. The number of ether oxygens (including phenoxy) is 2. The summed E-state index contributed by atoms with van der Waals surface area (Å²) in [4.78, 5) is 25.6. The van der Waals surface area contributed by atoms with Crippen LogP contribution in [-0.4, -0.2) is 31.8 Å². The number of esters is 1. The van der Waals surface area contributed by atoms with E-state index >= 15 is 0 Å². The Hall–Kier alpha value is -2.47. The van der Waals surface area contributed by atoms with Crippen molar-refractivity contribution in [3.05, 3.63) is 59.7 Å². The smallest absolute Gasteiger partial charge is 0.342 e. The summed E-state index contributed by atoms with van der Waals surface area (Å²) in [6.45, 7) is 1.73. The molecule has 1 amide bonds. The molecule has 1 N–H and O–H groups in total. The molecule has 0 aliphatic carbocycles. The van der Waals surface area contributed by atoms with Crippen molar-refractivity contribution in [3.63, 3.8) is 0 Å². The molecule has 0 saturated carbocycles. The van der Waals surface area contributed by atoms with Gasteiger partial charge in [-0.2, -0.15) is 0 Å². The second-order valence-corrected chi connectivity index (χ2v) is 6.84. The maximum absolute atomic E-state index is 12.3. The Morgan fingerprint density at radius 1 is 1.15 bits per heavy atom. The Morgan fingerprint density at radius 3 is 2.52 bits per heavy atom. The zero-order valence-corrected chi connectivity index (χ0v) is 16.7. The van der Waals surface area contributed by atoms with E-state index in [9.17, 15) is 9.59 Å². The molecule has 0 radical (unpaired) electrons. The molecule has 0 bridgehead atoms. The molecule has 0 heterocycles. The molecule has 1 atom stereocenters. The number of carbonyl (C=O) groups is 2. The molecular formula is C21H25NO4S. The van der Waals surface area contributed by atoms with Gasteiger partial charge in [0.25, 0.3) is 5.91 Å². The van der Waals surface area contributed by atoms with Gasteiger partial charge in [-0.3, -0.25) is 4.79 Å². The Balaban J connectivity index is 1.97. The summed E-state index contributed by atoms with van der Waals surface area (Å²) in [5.41, 5.74) is 1.34. The van der Waals surface area contributed by atoms with E-state index in [1.165, 1.54) is 7.11 Å². The van der Waals surface area contributed by atoms with E-state index in [1.807, 2.05) is 42.7 Å². The molecular weight excluding hydrogens is 362 g/mol. The predicted molar refractivity (Wildman–Crippen MR) is 107 cm³/mol. The summed E-state index contributed by atoms with van der Waals surface area (Å²) in [6.07, 6.45) is 3.68. The van der Waals surface area contributed by atoms with Crippen molar-refractivity contribution in [1.82, 2.24) is 5.32 Å². The second kappa shape index (κ2) is 10.6. The number of amides is 1. The summed E-state index contributed by atoms with van der Waals surface area (Å²) in [6, 6.07) is 14.9. The van der Waals surface area contributed by atoms with Crippen molar-refractivity contribution in [3.8, 4) is 5.75 Å². The van der Waals surface area contributed by atoms with Gasteiger partial charge in [-0.05, 0) is 36.4 Å². The first-order chi connectivity index (χ1) is 13.1. The van der Waals surface area contributed by atoms with Crippen molar-refractivity contribution < 1.29 is 19.1 Å². The Labute approximate surface area is 164 Å². The minimum atomic E-state index is -0.582. The van der Waals surface area contributed by atoms with E-state index < -0.39 is 5.97 Å². The molecule has 2 aromatic carbocycles. The molecule has 6 heteroatoms. The molecule has 0 aliphatic rings. The summed E-state index contributed by atoms with van der Waals surface area (Å²) in [5, 5.41) is 2.94. The van der Waals surface area contributed by atoms with Crippen molar-refractivity contribution in [1.29, 1.82) is 0 Å². The van der Waals surface area contributed by atoms with Crippen LogP contribution < -0.4 is 10.1 Å². The fourth-order valence-electron chi connectivity index (χ4n) is 2.71. The van der Waals surface area contributed by atoms with E-state index in [-0.39, 0.29) is 18.6 Å². The molecule has 27 heavy (non-hydrogen) atoms. The number of hydrogen-bond donors (Lipinski definition) is 1. The average Bonchev–Trinajstić information content (AvgIpc) is 2.71. The predicted octanol–water partition coefficient (Wildman–Crippen LogP) is 4.23. The highest BCUT2D eigenvalue weighted by Gasteiger charge is 2.18. The zero-order valence-electron chi connectivity index (χ0n) is 15.9. The maximum atomic E-state index is 12.3. The highest BCUT2D eigenvalue weighted by Crippen LogP contribution is 2.26. The van der Waals surface area contributed by atoms with Crippen LogP contribution in [0.1, 0.15) is 41.7 Å². The van der Waals surface area contributed by atoms with E-state index in [0.717, 1.165) is 23.3 Å². The average molecular weight is 388 g/mol. The van der Waals surface area contributed by atoms with Gasteiger partial charge in [-0.1, -0.05) is 43.7 Å². The molecule has 2 rings (SSSR count). The first-order valence-corrected chi connectivity index (χ1v) is 10.0. The largest absolute Gasteiger partial charge is 0.496 e. The van der Waals surface area contributed by atoms with Crippen LogP contribution in [0, 0.1) is 0 Å². The van der Waals surface area contributed by atoms with Gasteiger partial charge in [0.2, 0.25) is 0 Å². The molecule has 0 spiro atoms. The summed E-state index contributed by atoms with van der Waals surface area (Å²) >= 11 is 1.55. The molecule has 0 aliphatic heterocycles. The van der Waals surface area contributed by atoms with Crippen LogP contribution in [0.15, 0.2) is 53.4 Å². The third-order valence-corrected chi connectivity index (χ3v) is 4.80. The van der Waals surface area contributed by atoms with Crippen LogP contribution in [0.3, 0.4) is 0 Å². The van der Waals surface area contributed by atoms with Crippen molar-refractivity contribution in [2.75, 3.05) is 20.0 Å². The van der Waals surface area contributed by atoms with Gasteiger partial charge in [0, 0.05) is 4.90 Å². The topological polar surface area (TPSA) is 64.6 Å². The van der Waals surface area contributed by atoms with Crippen LogP contribution in [0.25, 0.3) is 0 Å². The Bertz CT molecular complexity index is 764. The third-order valence-electron chi connectivity index (χ3n) is 4.08. The Morgan fingerprint density at radius 2 is 1.89 bits per heavy atom. The highest BCUT2D eigenvalue weighted by atomic mass is 32.2. The van der Waals surface area contributed by atoms with Gasteiger partial charge in [0.05, 0.1) is 13.2 Å². The van der Waals surface area contributed by atoms with E-state index in [0.29, 0.717) is 11.3 Å². The lowest BCUT2D eigenvalue weighted by atomic mass is 10.0. The minimum Gasteiger partial charge on any atom is -0.496 e. The quantitative estimate of drug-likeness (QED) is 0.515. The lowest BCUT2D eigenvalue weighted by Crippen LogP contribution is -2.32. The number of thioether (sulfide) groups is 1. The van der Waals surface area contributed by atoms with Crippen LogP contribution in [0.2, 0.25) is 0 Å². The van der Waals surface area contributed by atoms with Crippen molar-refractivity contribution in [2.45, 2.75) is 30.7 Å². The van der Waals surface area contributed by atoms with Gasteiger partial charge in [0.1, 0.15) is 11.3 Å². The van der Waals surface area contributed by atoms with Gasteiger partial charge < -0.3 is 14.8 Å². The van der Waals surface area contributed by atoms with Crippen molar-refractivity contribution >= 4 is 23.6 Å². The summed E-state index contributed by atoms with van der Waals surface area (Å²) in [5.74, 6) is -0.479. The molecule has 0 fully saturated rings. The van der Waals surface area contributed by atoms with Crippen molar-refractivity contribution in [2.24, 2.45) is 0 Å². The number of hydrogen-bond acceptors (Lipinski definition) is 5. The number of rotatable bonds is 9. The molecule has 144 valence electrons. The fourth-order valence-corrected chi connectivity index (χ4v) is 3.14.